The smallest absolute Gasteiger partial charge is 0.222 e. The Balaban J connectivity index is 1.57. The molecule has 2 fully saturated rings. The van der Waals surface area contributed by atoms with Crippen molar-refractivity contribution in [3.8, 4) is 0 Å². The molecular weight excluding hydrogens is 347 g/mol. The molecule has 1 amide bonds. The number of hydrogen-bond acceptors (Lipinski definition) is 2. The molecule has 3 nitrogen and oxygen atoms in total. The Kier molecular flexibility index (Phi) is 5.14. The van der Waals surface area contributed by atoms with Crippen LogP contribution in [0, 0.1) is 5.82 Å². The molecule has 2 aliphatic rings. The van der Waals surface area contributed by atoms with Crippen LogP contribution in [0.15, 0.2) is 22.7 Å². The first-order valence-corrected chi connectivity index (χ1v) is 8.88. The topological polar surface area (TPSA) is 23.6 Å². The summed E-state index contributed by atoms with van der Waals surface area (Å²) in [6, 6.07) is 5.58. The van der Waals surface area contributed by atoms with Gasteiger partial charge in [0.15, 0.2) is 0 Å². The predicted molar refractivity (Wildman–Crippen MR) is 88.2 cm³/mol. The molecule has 0 bridgehead atoms. The lowest BCUT2D eigenvalue weighted by Gasteiger charge is -2.25. The molecule has 22 heavy (non-hydrogen) atoms. The lowest BCUT2D eigenvalue weighted by Crippen LogP contribution is -2.39. The minimum atomic E-state index is -0.236. The molecule has 0 aliphatic carbocycles. The van der Waals surface area contributed by atoms with Gasteiger partial charge >= 0.3 is 0 Å². The number of nitrogens with zero attached hydrogens (tertiary/aromatic N) is 2. The van der Waals surface area contributed by atoms with Crippen LogP contribution in [0.3, 0.4) is 0 Å². The molecule has 1 atom stereocenters. The molecule has 0 N–H and O–H groups in total. The first-order chi connectivity index (χ1) is 10.6. The van der Waals surface area contributed by atoms with E-state index in [2.05, 4.69) is 20.8 Å². The highest BCUT2D eigenvalue weighted by atomic mass is 79.9. The van der Waals surface area contributed by atoms with Gasteiger partial charge in [-0.05, 0) is 49.9 Å². The maximum Gasteiger partial charge on any atom is 0.222 e. The zero-order valence-electron chi connectivity index (χ0n) is 12.7. The van der Waals surface area contributed by atoms with Gasteiger partial charge in [0, 0.05) is 36.6 Å². The van der Waals surface area contributed by atoms with Crippen LogP contribution in [0.4, 0.5) is 4.39 Å². The molecule has 2 heterocycles. The van der Waals surface area contributed by atoms with Crippen LogP contribution < -0.4 is 0 Å². The van der Waals surface area contributed by atoms with Gasteiger partial charge in [-0.15, -0.1) is 0 Å². The highest BCUT2D eigenvalue weighted by Gasteiger charge is 2.30. The Morgan fingerprint density at radius 1 is 1.27 bits per heavy atom. The van der Waals surface area contributed by atoms with Gasteiger partial charge < -0.3 is 4.90 Å². The second-order valence-electron chi connectivity index (χ2n) is 6.26. The minimum Gasteiger partial charge on any atom is -0.341 e. The van der Waals surface area contributed by atoms with Crippen LogP contribution in [0.25, 0.3) is 0 Å². The molecule has 0 radical (unpaired) electrons. The van der Waals surface area contributed by atoms with Crippen molar-refractivity contribution in [1.29, 1.82) is 0 Å². The molecule has 5 heteroatoms. The fourth-order valence-corrected chi connectivity index (χ4v) is 3.89. The molecular formula is C17H22BrFN2O. The number of carbonyl (C=O) groups is 1. The molecule has 0 saturated carbocycles. The van der Waals surface area contributed by atoms with E-state index < -0.39 is 0 Å². The van der Waals surface area contributed by atoms with Crippen LogP contribution >= 0.6 is 15.9 Å². The molecule has 3 rings (SSSR count). The Morgan fingerprint density at radius 2 is 2.09 bits per heavy atom. The Hall–Kier alpha value is -0.940. The fourth-order valence-electron chi connectivity index (χ4n) is 3.56. The largest absolute Gasteiger partial charge is 0.341 e. The van der Waals surface area contributed by atoms with Gasteiger partial charge in [-0.25, -0.2) is 4.39 Å². The standard InChI is InChI=1S/C17H22BrFN2O/c18-14-6-4-13(16(19)11-14)5-7-17(22)21-10-2-9-20-8-1-3-15(20)12-21/h4,6,11,15H,1-3,5,7-10,12H2/t15-/m0/s1. The highest BCUT2D eigenvalue weighted by Crippen LogP contribution is 2.22. The van der Waals surface area contributed by atoms with E-state index in [-0.39, 0.29) is 11.7 Å². The van der Waals surface area contributed by atoms with Crippen molar-refractivity contribution < 1.29 is 9.18 Å². The zero-order chi connectivity index (χ0) is 15.5. The summed E-state index contributed by atoms with van der Waals surface area (Å²) in [7, 11) is 0. The number of benzene rings is 1. The van der Waals surface area contributed by atoms with Crippen molar-refractivity contribution in [3.05, 3.63) is 34.1 Å². The number of rotatable bonds is 3. The van der Waals surface area contributed by atoms with E-state index in [4.69, 9.17) is 0 Å². The Labute approximate surface area is 139 Å². The van der Waals surface area contributed by atoms with Crippen molar-refractivity contribution in [2.45, 2.75) is 38.1 Å². The van der Waals surface area contributed by atoms with Crippen LogP contribution in [-0.2, 0) is 11.2 Å². The molecule has 120 valence electrons. The minimum absolute atomic E-state index is 0.163. The number of amides is 1. The fraction of sp³-hybridized carbons (Fsp3) is 0.588. The van der Waals surface area contributed by atoms with Crippen molar-refractivity contribution in [3.63, 3.8) is 0 Å². The summed E-state index contributed by atoms with van der Waals surface area (Å²) >= 11 is 3.25. The van der Waals surface area contributed by atoms with Gasteiger partial charge in [0.25, 0.3) is 0 Å². The van der Waals surface area contributed by atoms with Crippen LogP contribution in [0.5, 0.6) is 0 Å². The third-order valence-electron chi connectivity index (χ3n) is 4.78. The average Bonchev–Trinajstić information content (AvgIpc) is 2.83. The number of hydrogen-bond donors (Lipinski definition) is 0. The van der Waals surface area contributed by atoms with E-state index in [1.807, 2.05) is 11.0 Å². The predicted octanol–water partition coefficient (Wildman–Crippen LogP) is 3.22. The summed E-state index contributed by atoms with van der Waals surface area (Å²) in [4.78, 5) is 17.0. The molecule has 2 saturated heterocycles. The van der Waals surface area contributed by atoms with E-state index in [1.165, 1.54) is 25.5 Å². The van der Waals surface area contributed by atoms with Gasteiger partial charge in [0.1, 0.15) is 5.82 Å². The summed E-state index contributed by atoms with van der Waals surface area (Å²) in [5.74, 6) is -0.0731. The highest BCUT2D eigenvalue weighted by molar-refractivity contribution is 9.10. The van der Waals surface area contributed by atoms with Crippen molar-refractivity contribution in [1.82, 2.24) is 9.80 Å². The Bertz CT molecular complexity index is 551. The van der Waals surface area contributed by atoms with Gasteiger partial charge in [-0.2, -0.15) is 0 Å². The first-order valence-electron chi connectivity index (χ1n) is 8.09. The lowest BCUT2D eigenvalue weighted by atomic mass is 10.1. The number of fused-ring (bicyclic) bond motifs is 1. The maximum atomic E-state index is 13.8. The molecule has 0 unspecified atom stereocenters. The maximum absolute atomic E-state index is 13.8. The van der Waals surface area contributed by atoms with Crippen molar-refractivity contribution >= 4 is 21.8 Å². The normalized spacial score (nSPS) is 22.5. The molecule has 1 aromatic carbocycles. The Morgan fingerprint density at radius 3 is 2.91 bits per heavy atom. The molecule has 0 aromatic heterocycles. The van der Waals surface area contributed by atoms with Crippen LogP contribution in [0.2, 0.25) is 0 Å². The van der Waals surface area contributed by atoms with Gasteiger partial charge in [-0.1, -0.05) is 22.0 Å². The number of aryl methyl sites for hydroxylation is 1. The SMILES string of the molecule is O=C(CCc1ccc(Br)cc1F)N1CCCN2CCC[C@H]2C1. The third kappa shape index (κ3) is 3.69. The average molecular weight is 369 g/mol. The second-order valence-corrected chi connectivity index (χ2v) is 7.18. The van der Waals surface area contributed by atoms with Crippen LogP contribution in [0.1, 0.15) is 31.2 Å². The monoisotopic (exact) mass is 368 g/mol. The summed E-state index contributed by atoms with van der Waals surface area (Å²) in [5, 5.41) is 0. The van der Waals surface area contributed by atoms with Gasteiger partial charge in [-0.3, -0.25) is 9.69 Å². The van der Waals surface area contributed by atoms with E-state index in [1.54, 1.807) is 6.07 Å². The third-order valence-corrected chi connectivity index (χ3v) is 5.27. The van der Waals surface area contributed by atoms with Crippen molar-refractivity contribution in [2.75, 3.05) is 26.2 Å². The molecule has 0 spiro atoms. The van der Waals surface area contributed by atoms with Crippen molar-refractivity contribution in [2.24, 2.45) is 0 Å². The van der Waals surface area contributed by atoms with Gasteiger partial charge in [0.05, 0.1) is 0 Å². The first kappa shape index (κ1) is 15.9. The summed E-state index contributed by atoms with van der Waals surface area (Å²) in [6.07, 6.45) is 4.37. The van der Waals surface area contributed by atoms with E-state index >= 15 is 0 Å². The second kappa shape index (κ2) is 7.09. The summed E-state index contributed by atoms with van der Waals surface area (Å²) in [5.41, 5.74) is 0.619. The zero-order valence-corrected chi connectivity index (χ0v) is 14.3. The molecule has 2 aliphatic heterocycles. The summed E-state index contributed by atoms with van der Waals surface area (Å²) in [6.45, 7) is 3.98. The number of carbonyl (C=O) groups excluding carboxylic acids is 1. The van der Waals surface area contributed by atoms with E-state index in [0.717, 1.165) is 30.5 Å². The van der Waals surface area contributed by atoms with Crippen LogP contribution in [-0.4, -0.2) is 47.9 Å². The lowest BCUT2D eigenvalue weighted by molar-refractivity contribution is -0.131. The quantitative estimate of drug-likeness (QED) is 0.817. The summed E-state index contributed by atoms with van der Waals surface area (Å²) < 4.78 is 14.6. The van der Waals surface area contributed by atoms with E-state index in [9.17, 15) is 9.18 Å². The van der Waals surface area contributed by atoms with E-state index in [0.29, 0.717) is 24.4 Å². The molecule has 1 aromatic rings. The van der Waals surface area contributed by atoms with Gasteiger partial charge in [0.2, 0.25) is 5.91 Å². The number of halogens is 2.